The van der Waals surface area contributed by atoms with Crippen LogP contribution in [0.1, 0.15) is 36.0 Å². The zero-order chi connectivity index (χ0) is 15.6. The van der Waals surface area contributed by atoms with Crippen LogP contribution in [0, 0.1) is 10.1 Å². The first-order valence-electron chi connectivity index (χ1n) is 6.91. The first-order valence-corrected chi connectivity index (χ1v) is 6.91. The number of nitrogens with two attached hydrogens (primary N) is 1. The normalized spacial score (nSPS) is 21.8. The number of aliphatic hydroxyl groups excluding tert-OH is 1. The topological polar surface area (TPSA) is 110 Å². The maximum absolute atomic E-state index is 12.5. The number of nitrogen functional groups attached to an aromatic ring is 1. The van der Waals surface area contributed by atoms with Gasteiger partial charge in [-0.1, -0.05) is 18.9 Å². The number of hydrogen-bond acceptors (Lipinski definition) is 5. The Labute approximate surface area is 122 Å². The van der Waals surface area contributed by atoms with Gasteiger partial charge in [-0.25, -0.2) is 0 Å². The molecule has 21 heavy (non-hydrogen) atoms. The van der Waals surface area contributed by atoms with Crippen LogP contribution in [0.4, 0.5) is 11.4 Å². The number of nitro benzene ring substituents is 1. The van der Waals surface area contributed by atoms with Crippen LogP contribution < -0.4 is 5.73 Å². The lowest BCUT2D eigenvalue weighted by Crippen LogP contribution is -2.46. The minimum atomic E-state index is -0.645. The molecule has 7 heteroatoms. The first-order chi connectivity index (χ1) is 9.93. The Morgan fingerprint density at radius 1 is 1.43 bits per heavy atom. The van der Waals surface area contributed by atoms with Gasteiger partial charge in [0.2, 0.25) is 0 Å². The van der Waals surface area contributed by atoms with Crippen LogP contribution in [-0.4, -0.2) is 40.0 Å². The molecule has 0 aliphatic heterocycles. The molecule has 1 saturated carbocycles. The summed E-state index contributed by atoms with van der Waals surface area (Å²) in [5, 5.41) is 21.1. The second kappa shape index (κ2) is 6.09. The molecule has 2 rings (SSSR count). The smallest absolute Gasteiger partial charge is 0.304 e. The number of benzene rings is 1. The summed E-state index contributed by atoms with van der Waals surface area (Å²) < 4.78 is 0. The van der Waals surface area contributed by atoms with E-state index in [2.05, 4.69) is 0 Å². The van der Waals surface area contributed by atoms with E-state index < -0.39 is 16.9 Å². The minimum absolute atomic E-state index is 0.0385. The molecule has 1 fully saturated rings. The Kier molecular flexibility index (Phi) is 4.42. The van der Waals surface area contributed by atoms with Gasteiger partial charge in [0.1, 0.15) is 11.3 Å². The Morgan fingerprint density at radius 3 is 2.71 bits per heavy atom. The van der Waals surface area contributed by atoms with E-state index in [1.807, 2.05) is 0 Å². The van der Waals surface area contributed by atoms with Crippen molar-refractivity contribution in [3.63, 3.8) is 0 Å². The molecule has 0 radical (unpaired) electrons. The average molecular weight is 293 g/mol. The summed E-state index contributed by atoms with van der Waals surface area (Å²) in [5.74, 6) is -0.486. The molecular formula is C14H19N3O4. The van der Waals surface area contributed by atoms with E-state index in [9.17, 15) is 20.0 Å². The molecule has 1 aromatic carbocycles. The number of hydrogen-bond donors (Lipinski definition) is 2. The lowest BCUT2D eigenvalue weighted by atomic mass is 9.91. The van der Waals surface area contributed by atoms with Gasteiger partial charge in [-0.3, -0.25) is 14.9 Å². The molecule has 0 aromatic heterocycles. The fourth-order valence-electron chi connectivity index (χ4n) is 2.82. The summed E-state index contributed by atoms with van der Waals surface area (Å²) in [7, 11) is 1.56. The van der Waals surface area contributed by atoms with Gasteiger partial charge in [-0.05, 0) is 25.0 Å². The summed E-state index contributed by atoms with van der Waals surface area (Å²) in [6.07, 6.45) is 2.60. The van der Waals surface area contributed by atoms with E-state index in [0.717, 1.165) is 12.8 Å². The van der Waals surface area contributed by atoms with Gasteiger partial charge in [-0.2, -0.15) is 0 Å². The van der Waals surface area contributed by atoms with Crippen LogP contribution in [0.25, 0.3) is 0 Å². The molecule has 0 spiro atoms. The molecule has 1 aromatic rings. The number of likely N-dealkylation sites (N-methyl/N-ethyl adjacent to an activating group) is 1. The number of nitrogens with zero attached hydrogens (tertiary/aromatic N) is 2. The van der Waals surface area contributed by atoms with Gasteiger partial charge in [0.15, 0.2) is 0 Å². The van der Waals surface area contributed by atoms with Crippen molar-refractivity contribution in [3.8, 4) is 0 Å². The zero-order valence-electron chi connectivity index (χ0n) is 11.9. The van der Waals surface area contributed by atoms with Gasteiger partial charge < -0.3 is 15.7 Å². The molecule has 1 aliphatic carbocycles. The third kappa shape index (κ3) is 2.97. The van der Waals surface area contributed by atoms with Crippen LogP contribution in [-0.2, 0) is 0 Å². The van der Waals surface area contributed by atoms with Gasteiger partial charge in [0, 0.05) is 7.05 Å². The predicted octanol–water partition coefficient (Wildman–Crippen LogP) is 1.55. The number of rotatable bonds is 3. The Balaban J connectivity index is 2.31. The van der Waals surface area contributed by atoms with Crippen molar-refractivity contribution in [2.45, 2.75) is 37.8 Å². The van der Waals surface area contributed by atoms with E-state index >= 15 is 0 Å². The molecule has 0 heterocycles. The molecule has 1 amide bonds. The maximum atomic E-state index is 12.5. The second-order valence-electron chi connectivity index (χ2n) is 5.34. The van der Waals surface area contributed by atoms with Crippen molar-refractivity contribution in [2.75, 3.05) is 12.8 Å². The fourth-order valence-corrected chi connectivity index (χ4v) is 2.82. The van der Waals surface area contributed by atoms with Gasteiger partial charge in [-0.15, -0.1) is 0 Å². The van der Waals surface area contributed by atoms with E-state index in [4.69, 9.17) is 5.73 Å². The van der Waals surface area contributed by atoms with Crippen molar-refractivity contribution < 1.29 is 14.8 Å². The highest BCUT2D eigenvalue weighted by Crippen LogP contribution is 2.29. The number of carbonyl (C=O) groups is 1. The monoisotopic (exact) mass is 293 g/mol. The molecule has 7 nitrogen and oxygen atoms in total. The predicted molar refractivity (Wildman–Crippen MR) is 77.9 cm³/mol. The van der Waals surface area contributed by atoms with Crippen molar-refractivity contribution in [1.29, 1.82) is 0 Å². The molecule has 3 N–H and O–H groups in total. The molecular weight excluding hydrogens is 274 g/mol. The molecule has 2 unspecified atom stereocenters. The number of para-hydroxylation sites is 1. The number of aliphatic hydroxyl groups is 1. The van der Waals surface area contributed by atoms with Gasteiger partial charge in [0.05, 0.1) is 17.1 Å². The minimum Gasteiger partial charge on any atom is -0.393 e. The number of anilines is 1. The molecule has 114 valence electrons. The lowest BCUT2D eigenvalue weighted by molar-refractivity contribution is -0.384. The fraction of sp³-hybridized carbons (Fsp3) is 0.500. The third-order valence-corrected chi connectivity index (χ3v) is 3.99. The van der Waals surface area contributed by atoms with E-state index in [1.165, 1.54) is 23.1 Å². The number of nitro groups is 1. The molecule has 0 saturated heterocycles. The standard InChI is InChI=1S/C14H19N3O4/c1-16(11-7-2-3-8-12(11)18)14(19)9-5-4-6-10(15)13(9)17(20)21/h4-6,11-12,18H,2-3,7-8,15H2,1H3. The van der Waals surface area contributed by atoms with Crippen molar-refractivity contribution in [2.24, 2.45) is 0 Å². The largest absolute Gasteiger partial charge is 0.393 e. The third-order valence-electron chi connectivity index (χ3n) is 3.99. The van der Waals surface area contributed by atoms with Crippen LogP contribution in [0.3, 0.4) is 0 Å². The van der Waals surface area contributed by atoms with Crippen LogP contribution >= 0.6 is 0 Å². The quantitative estimate of drug-likeness (QED) is 0.499. The second-order valence-corrected chi connectivity index (χ2v) is 5.34. The van der Waals surface area contributed by atoms with Crippen molar-refractivity contribution in [1.82, 2.24) is 4.90 Å². The Bertz CT molecular complexity index is 561. The molecule has 1 aliphatic rings. The van der Waals surface area contributed by atoms with Gasteiger partial charge in [0.25, 0.3) is 5.91 Å². The highest BCUT2D eigenvalue weighted by Gasteiger charge is 2.33. The van der Waals surface area contributed by atoms with E-state index in [-0.39, 0.29) is 23.0 Å². The first kappa shape index (κ1) is 15.2. The SMILES string of the molecule is CN(C(=O)c1cccc(N)c1[N+](=O)[O-])C1CCCCC1O. The lowest BCUT2D eigenvalue weighted by Gasteiger charge is -2.35. The highest BCUT2D eigenvalue weighted by atomic mass is 16.6. The van der Waals surface area contributed by atoms with Crippen LogP contribution in [0.15, 0.2) is 18.2 Å². The Morgan fingerprint density at radius 2 is 2.10 bits per heavy atom. The maximum Gasteiger partial charge on any atom is 0.304 e. The molecule has 2 atom stereocenters. The molecule has 0 bridgehead atoms. The summed E-state index contributed by atoms with van der Waals surface area (Å²) in [6.45, 7) is 0. The Hall–Kier alpha value is -2.15. The van der Waals surface area contributed by atoms with Crippen LogP contribution in [0.2, 0.25) is 0 Å². The zero-order valence-corrected chi connectivity index (χ0v) is 11.9. The summed E-state index contributed by atoms with van der Waals surface area (Å²) in [6, 6.07) is 3.99. The van der Waals surface area contributed by atoms with Crippen molar-refractivity contribution >= 4 is 17.3 Å². The summed E-state index contributed by atoms with van der Waals surface area (Å²) in [5.41, 5.74) is 5.15. The summed E-state index contributed by atoms with van der Waals surface area (Å²) in [4.78, 5) is 24.4. The highest BCUT2D eigenvalue weighted by molar-refractivity contribution is 6.00. The van der Waals surface area contributed by atoms with E-state index in [1.54, 1.807) is 7.05 Å². The number of amides is 1. The average Bonchev–Trinajstić information content (AvgIpc) is 2.45. The van der Waals surface area contributed by atoms with E-state index in [0.29, 0.717) is 12.8 Å². The summed E-state index contributed by atoms with van der Waals surface area (Å²) >= 11 is 0. The van der Waals surface area contributed by atoms with Crippen molar-refractivity contribution in [3.05, 3.63) is 33.9 Å². The number of carbonyl (C=O) groups excluding carboxylic acids is 1. The van der Waals surface area contributed by atoms with Gasteiger partial charge >= 0.3 is 5.69 Å². The van der Waals surface area contributed by atoms with Crippen LogP contribution in [0.5, 0.6) is 0 Å².